The SMILES string of the molecule is CN1CCC[C@H]1COc1nc2c(c(N3CCN(C(=O)OCc4ccccc4)C(CC#N)C3)c1F)CCNC2. The van der Waals surface area contributed by atoms with Crippen LogP contribution < -0.4 is 15.0 Å². The van der Waals surface area contributed by atoms with Gasteiger partial charge in [0, 0.05) is 37.8 Å². The van der Waals surface area contributed by atoms with Crippen molar-refractivity contribution in [3.8, 4) is 11.9 Å². The van der Waals surface area contributed by atoms with E-state index in [2.05, 4.69) is 28.3 Å². The second-order valence-electron chi connectivity index (χ2n) is 10.2. The van der Waals surface area contributed by atoms with E-state index in [9.17, 15) is 10.1 Å². The second kappa shape index (κ2) is 12.0. The van der Waals surface area contributed by atoms with Crippen LogP contribution >= 0.6 is 0 Å². The fraction of sp³-hybridized carbons (Fsp3) is 0.536. The molecule has 38 heavy (non-hydrogen) atoms. The van der Waals surface area contributed by atoms with Gasteiger partial charge >= 0.3 is 6.09 Å². The molecule has 0 radical (unpaired) electrons. The number of piperazine rings is 1. The van der Waals surface area contributed by atoms with Crippen molar-refractivity contribution in [2.75, 3.05) is 51.3 Å². The minimum Gasteiger partial charge on any atom is -0.474 e. The van der Waals surface area contributed by atoms with Crippen molar-refractivity contribution in [2.45, 2.75) is 50.9 Å². The third-order valence-corrected chi connectivity index (χ3v) is 7.76. The molecule has 0 spiro atoms. The third kappa shape index (κ3) is 5.69. The highest BCUT2D eigenvalue weighted by atomic mass is 19.1. The lowest BCUT2D eigenvalue weighted by molar-refractivity contribution is 0.0768. The number of hydrogen-bond acceptors (Lipinski definition) is 8. The molecule has 202 valence electrons. The van der Waals surface area contributed by atoms with Gasteiger partial charge in [0.25, 0.3) is 5.88 Å². The van der Waals surface area contributed by atoms with Crippen molar-refractivity contribution in [3.63, 3.8) is 0 Å². The van der Waals surface area contributed by atoms with E-state index < -0.39 is 18.0 Å². The van der Waals surface area contributed by atoms with Crippen molar-refractivity contribution in [1.82, 2.24) is 20.1 Å². The van der Waals surface area contributed by atoms with Gasteiger partial charge in [-0.15, -0.1) is 0 Å². The van der Waals surface area contributed by atoms with Crippen molar-refractivity contribution in [1.29, 1.82) is 5.26 Å². The van der Waals surface area contributed by atoms with E-state index in [1.165, 1.54) is 0 Å². The smallest absolute Gasteiger partial charge is 0.410 e. The minimum atomic E-state index is -0.458. The first-order valence-electron chi connectivity index (χ1n) is 13.4. The predicted molar refractivity (Wildman–Crippen MR) is 140 cm³/mol. The highest BCUT2D eigenvalue weighted by Crippen LogP contribution is 2.36. The molecule has 4 heterocycles. The quantitative estimate of drug-likeness (QED) is 0.593. The molecule has 2 saturated heterocycles. The Hall–Kier alpha value is -3.42. The summed E-state index contributed by atoms with van der Waals surface area (Å²) in [4.78, 5) is 23.3. The van der Waals surface area contributed by atoms with Crippen molar-refractivity contribution < 1.29 is 18.7 Å². The van der Waals surface area contributed by atoms with Gasteiger partial charge in [-0.1, -0.05) is 30.3 Å². The van der Waals surface area contributed by atoms with Crippen molar-refractivity contribution in [3.05, 3.63) is 53.0 Å². The van der Waals surface area contributed by atoms with E-state index in [1.807, 2.05) is 35.2 Å². The van der Waals surface area contributed by atoms with Gasteiger partial charge in [0.1, 0.15) is 13.2 Å². The topological polar surface area (TPSA) is 94.0 Å². The number of carbonyl (C=O) groups is 1. The monoisotopic (exact) mass is 522 g/mol. The Morgan fingerprint density at radius 2 is 2.08 bits per heavy atom. The zero-order valence-corrected chi connectivity index (χ0v) is 21.9. The molecular formula is C28H35FN6O3. The van der Waals surface area contributed by atoms with E-state index in [4.69, 9.17) is 9.47 Å². The molecule has 2 atom stereocenters. The fourth-order valence-electron chi connectivity index (χ4n) is 5.61. The van der Waals surface area contributed by atoms with Crippen LogP contribution in [0.5, 0.6) is 5.88 Å². The summed E-state index contributed by atoms with van der Waals surface area (Å²) < 4.78 is 27.6. The van der Waals surface area contributed by atoms with Crippen molar-refractivity contribution >= 4 is 11.8 Å². The summed E-state index contributed by atoms with van der Waals surface area (Å²) in [6.07, 6.45) is 2.46. The van der Waals surface area contributed by atoms with Gasteiger partial charge in [-0.3, -0.25) is 0 Å². The zero-order valence-electron chi connectivity index (χ0n) is 21.9. The number of likely N-dealkylation sites (tertiary alicyclic amines) is 1. The molecule has 0 aliphatic carbocycles. The third-order valence-electron chi connectivity index (χ3n) is 7.76. The first-order valence-corrected chi connectivity index (χ1v) is 13.4. The lowest BCUT2D eigenvalue weighted by Crippen LogP contribution is -2.55. The molecule has 1 amide bonds. The Bertz CT molecular complexity index is 1170. The van der Waals surface area contributed by atoms with Gasteiger partial charge in [-0.05, 0) is 45.0 Å². The molecule has 3 aliphatic heterocycles. The molecule has 1 N–H and O–H groups in total. The number of nitrogens with one attached hydrogen (secondary N) is 1. The van der Waals surface area contributed by atoms with E-state index in [0.717, 1.165) is 42.8 Å². The van der Waals surface area contributed by atoms with Crippen LogP contribution in [0.25, 0.3) is 0 Å². The molecule has 10 heteroatoms. The Morgan fingerprint density at radius 1 is 1.24 bits per heavy atom. The Morgan fingerprint density at radius 3 is 2.84 bits per heavy atom. The number of anilines is 1. The van der Waals surface area contributed by atoms with Crippen molar-refractivity contribution in [2.24, 2.45) is 0 Å². The molecule has 5 rings (SSSR count). The van der Waals surface area contributed by atoms with Crippen LogP contribution in [-0.4, -0.2) is 79.3 Å². The fourth-order valence-corrected chi connectivity index (χ4v) is 5.61. The number of amides is 1. The Balaban J connectivity index is 1.34. The van der Waals surface area contributed by atoms with Gasteiger partial charge in [0.15, 0.2) is 0 Å². The summed E-state index contributed by atoms with van der Waals surface area (Å²) in [5, 5.41) is 12.8. The van der Waals surface area contributed by atoms with Crippen LogP contribution in [0.15, 0.2) is 30.3 Å². The average molecular weight is 523 g/mol. The number of fused-ring (bicyclic) bond motifs is 1. The van der Waals surface area contributed by atoms with E-state index >= 15 is 4.39 Å². The molecule has 0 bridgehead atoms. The van der Waals surface area contributed by atoms with Crippen LogP contribution in [0.1, 0.15) is 36.1 Å². The summed E-state index contributed by atoms with van der Waals surface area (Å²) in [5.41, 5.74) is 3.06. The van der Waals surface area contributed by atoms with Crippen LogP contribution in [0.2, 0.25) is 0 Å². The molecule has 1 aromatic heterocycles. The molecule has 1 unspecified atom stereocenters. The second-order valence-corrected chi connectivity index (χ2v) is 10.2. The van der Waals surface area contributed by atoms with Crippen LogP contribution in [0, 0.1) is 17.1 Å². The van der Waals surface area contributed by atoms with Gasteiger partial charge < -0.3 is 29.5 Å². The maximum Gasteiger partial charge on any atom is 0.410 e. The molecule has 9 nitrogen and oxygen atoms in total. The largest absolute Gasteiger partial charge is 0.474 e. The summed E-state index contributed by atoms with van der Waals surface area (Å²) in [5.74, 6) is -0.425. The molecule has 3 aliphatic rings. The maximum atomic E-state index is 16.1. The number of ether oxygens (including phenoxy) is 2. The number of pyridine rings is 1. The first-order chi connectivity index (χ1) is 18.5. The number of nitriles is 1. The number of aromatic nitrogens is 1. The van der Waals surface area contributed by atoms with Gasteiger partial charge in [0.05, 0.1) is 29.9 Å². The number of benzene rings is 1. The molecular weight excluding hydrogens is 487 g/mol. The number of carbonyl (C=O) groups excluding carboxylic acids is 1. The number of halogens is 1. The van der Waals surface area contributed by atoms with Gasteiger partial charge in [-0.2, -0.15) is 9.65 Å². The summed E-state index contributed by atoms with van der Waals surface area (Å²) in [7, 11) is 2.06. The summed E-state index contributed by atoms with van der Waals surface area (Å²) in [6, 6.07) is 11.5. The number of nitrogens with zero attached hydrogens (tertiary/aromatic N) is 5. The number of likely N-dealkylation sites (N-methyl/N-ethyl adjacent to an activating group) is 1. The average Bonchev–Trinajstić information content (AvgIpc) is 3.35. The normalized spacial score (nSPS) is 21.6. The van der Waals surface area contributed by atoms with Gasteiger partial charge in [0.2, 0.25) is 5.82 Å². The number of rotatable bonds is 7. The van der Waals surface area contributed by atoms with Crippen LogP contribution in [-0.2, 0) is 24.3 Å². The molecule has 0 saturated carbocycles. The van der Waals surface area contributed by atoms with E-state index in [0.29, 0.717) is 44.9 Å². The van der Waals surface area contributed by atoms with Crippen LogP contribution in [0.4, 0.5) is 14.9 Å². The molecule has 1 aromatic carbocycles. The van der Waals surface area contributed by atoms with E-state index in [-0.39, 0.29) is 24.9 Å². The summed E-state index contributed by atoms with van der Waals surface area (Å²) in [6.45, 7) is 3.95. The molecule has 2 aromatic rings. The highest BCUT2D eigenvalue weighted by Gasteiger charge is 2.35. The number of hydrogen-bond donors (Lipinski definition) is 1. The lowest BCUT2D eigenvalue weighted by Gasteiger charge is -2.42. The summed E-state index contributed by atoms with van der Waals surface area (Å²) >= 11 is 0. The highest BCUT2D eigenvalue weighted by molar-refractivity contribution is 5.69. The Labute approximate surface area is 223 Å². The lowest BCUT2D eigenvalue weighted by atomic mass is 10.0. The van der Waals surface area contributed by atoms with Crippen LogP contribution in [0.3, 0.4) is 0 Å². The maximum absolute atomic E-state index is 16.1. The van der Waals surface area contributed by atoms with Gasteiger partial charge in [-0.25, -0.2) is 9.78 Å². The first kappa shape index (κ1) is 26.2. The van der Waals surface area contributed by atoms with E-state index in [1.54, 1.807) is 4.90 Å². The Kier molecular flexibility index (Phi) is 8.25. The molecule has 2 fully saturated rings. The predicted octanol–water partition coefficient (Wildman–Crippen LogP) is 3.08. The standard InChI is InChI=1S/C28H35FN6O3/c1-33-13-5-8-22(33)19-37-27-25(29)26(23-10-12-31-16-24(23)32-27)34-14-15-35(21(17-34)9-11-30)28(36)38-18-20-6-3-2-4-7-20/h2-4,6-7,21-22,31H,5,8-10,12-19H2,1H3/t21?,22-/m0/s1. The minimum absolute atomic E-state index is 0.0317. The zero-order chi connectivity index (χ0) is 26.5.